The van der Waals surface area contributed by atoms with Crippen LogP contribution in [0.1, 0.15) is 24.2 Å². The lowest BCUT2D eigenvalue weighted by Crippen LogP contribution is -2.30. The Labute approximate surface area is 166 Å². The van der Waals surface area contributed by atoms with E-state index < -0.39 is 28.8 Å². The van der Waals surface area contributed by atoms with Gasteiger partial charge in [-0.3, -0.25) is 9.00 Å². The van der Waals surface area contributed by atoms with Crippen LogP contribution < -0.4 is 14.8 Å². The molecule has 0 spiro atoms. The molecule has 150 valence electrons. The number of methoxy groups -OCH3 is 2. The number of rotatable bonds is 8. The van der Waals surface area contributed by atoms with Crippen LogP contribution in [0.2, 0.25) is 0 Å². The summed E-state index contributed by atoms with van der Waals surface area (Å²) in [6.45, 7) is 3.23. The number of nitrogens with one attached hydrogen (secondary N) is 1. The van der Waals surface area contributed by atoms with Crippen LogP contribution in [0.15, 0.2) is 47.4 Å². The molecule has 0 aliphatic rings. The van der Waals surface area contributed by atoms with Crippen LogP contribution in [0, 0.1) is 0 Å². The molecule has 28 heavy (non-hydrogen) atoms. The molecule has 0 aliphatic carbocycles. The normalized spacial score (nSPS) is 12.6. The van der Waals surface area contributed by atoms with Gasteiger partial charge in [0, 0.05) is 17.5 Å². The predicted octanol–water partition coefficient (Wildman–Crippen LogP) is 3.02. The van der Waals surface area contributed by atoms with Gasteiger partial charge in [-0.05, 0) is 31.2 Å². The fourth-order valence-corrected chi connectivity index (χ4v) is 3.36. The molecular formula is C20H23NO6S. The van der Waals surface area contributed by atoms with Crippen LogP contribution in [0.5, 0.6) is 11.5 Å². The number of amides is 1. The van der Waals surface area contributed by atoms with E-state index in [1.54, 1.807) is 43.3 Å². The first kappa shape index (κ1) is 21.4. The molecule has 0 aromatic heterocycles. The van der Waals surface area contributed by atoms with E-state index in [2.05, 4.69) is 5.32 Å². The molecule has 2 atom stereocenters. The van der Waals surface area contributed by atoms with Gasteiger partial charge in [-0.1, -0.05) is 19.1 Å². The summed E-state index contributed by atoms with van der Waals surface area (Å²) in [4.78, 5) is 25.2. The zero-order valence-corrected chi connectivity index (χ0v) is 17.0. The number of hydrogen-bond donors (Lipinski definition) is 1. The Hall–Kier alpha value is -2.87. The number of esters is 1. The fourth-order valence-electron chi connectivity index (χ4n) is 2.42. The van der Waals surface area contributed by atoms with Crippen molar-refractivity contribution >= 4 is 28.4 Å². The lowest BCUT2D eigenvalue weighted by atomic mass is 10.2. The maximum absolute atomic E-state index is 12.5. The van der Waals surface area contributed by atoms with Crippen molar-refractivity contribution in [2.75, 3.05) is 25.3 Å². The Kier molecular flexibility index (Phi) is 7.57. The van der Waals surface area contributed by atoms with Gasteiger partial charge in [0.05, 0.1) is 35.5 Å². The Morgan fingerprint density at radius 1 is 1.07 bits per heavy atom. The molecule has 0 saturated heterocycles. The molecule has 1 N–H and O–H groups in total. The van der Waals surface area contributed by atoms with Crippen molar-refractivity contribution < 1.29 is 28.0 Å². The van der Waals surface area contributed by atoms with Crippen molar-refractivity contribution in [3.8, 4) is 11.5 Å². The molecule has 0 heterocycles. The minimum atomic E-state index is -1.31. The molecule has 2 rings (SSSR count). The average Bonchev–Trinajstić information content (AvgIpc) is 2.72. The van der Waals surface area contributed by atoms with Crippen molar-refractivity contribution in [1.82, 2.24) is 0 Å². The number of ether oxygens (including phenoxy) is 3. The van der Waals surface area contributed by atoms with Crippen LogP contribution >= 0.6 is 0 Å². The summed E-state index contributed by atoms with van der Waals surface area (Å²) in [6, 6.07) is 11.4. The quantitative estimate of drug-likeness (QED) is 0.679. The highest BCUT2D eigenvalue weighted by Gasteiger charge is 2.22. The smallest absolute Gasteiger partial charge is 0.340 e. The number of carbonyl (C=O) groups excluding carboxylic acids is 2. The van der Waals surface area contributed by atoms with E-state index in [0.717, 1.165) is 0 Å². The summed E-state index contributed by atoms with van der Waals surface area (Å²) < 4.78 is 27.7. The molecule has 0 aliphatic heterocycles. The van der Waals surface area contributed by atoms with Crippen molar-refractivity contribution in [3.63, 3.8) is 0 Å². The summed E-state index contributed by atoms with van der Waals surface area (Å²) in [6.07, 6.45) is -1.05. The van der Waals surface area contributed by atoms with E-state index >= 15 is 0 Å². The van der Waals surface area contributed by atoms with Gasteiger partial charge >= 0.3 is 5.97 Å². The Bertz CT molecular complexity index is 883. The molecular weight excluding hydrogens is 382 g/mol. The van der Waals surface area contributed by atoms with Crippen molar-refractivity contribution in [1.29, 1.82) is 0 Å². The van der Waals surface area contributed by atoms with Gasteiger partial charge in [-0.25, -0.2) is 4.79 Å². The van der Waals surface area contributed by atoms with Crippen LogP contribution in [0.4, 0.5) is 5.69 Å². The van der Waals surface area contributed by atoms with Gasteiger partial charge in [-0.15, -0.1) is 0 Å². The molecule has 0 bridgehead atoms. The molecule has 7 nitrogen and oxygen atoms in total. The van der Waals surface area contributed by atoms with Crippen molar-refractivity contribution in [3.05, 3.63) is 48.0 Å². The van der Waals surface area contributed by atoms with Crippen LogP contribution in [-0.4, -0.2) is 42.2 Å². The van der Waals surface area contributed by atoms with Crippen LogP contribution in [0.25, 0.3) is 0 Å². The number of hydrogen-bond acceptors (Lipinski definition) is 6. The van der Waals surface area contributed by atoms with E-state index in [4.69, 9.17) is 14.2 Å². The summed E-state index contributed by atoms with van der Waals surface area (Å²) in [7, 11) is 1.69. The van der Waals surface area contributed by atoms with Crippen LogP contribution in [0.3, 0.4) is 0 Å². The topological polar surface area (TPSA) is 90.9 Å². The summed E-state index contributed by atoms with van der Waals surface area (Å²) >= 11 is 0. The van der Waals surface area contributed by atoms with Gasteiger partial charge in [0.15, 0.2) is 17.6 Å². The van der Waals surface area contributed by atoms with Gasteiger partial charge < -0.3 is 19.5 Å². The van der Waals surface area contributed by atoms with Gasteiger partial charge in [0.25, 0.3) is 5.91 Å². The Morgan fingerprint density at radius 2 is 1.75 bits per heavy atom. The highest BCUT2D eigenvalue weighted by atomic mass is 32.2. The Morgan fingerprint density at radius 3 is 2.39 bits per heavy atom. The minimum absolute atomic E-state index is 0.188. The maximum Gasteiger partial charge on any atom is 0.340 e. The second-order valence-electron chi connectivity index (χ2n) is 5.74. The predicted molar refractivity (Wildman–Crippen MR) is 106 cm³/mol. The zero-order chi connectivity index (χ0) is 20.7. The minimum Gasteiger partial charge on any atom is -0.493 e. The lowest BCUT2D eigenvalue weighted by Gasteiger charge is -2.15. The lowest BCUT2D eigenvalue weighted by molar-refractivity contribution is -0.123. The zero-order valence-electron chi connectivity index (χ0n) is 16.2. The summed E-state index contributed by atoms with van der Waals surface area (Å²) in [5.41, 5.74) is 0.659. The van der Waals surface area contributed by atoms with Gasteiger partial charge in [-0.2, -0.15) is 0 Å². The van der Waals surface area contributed by atoms with E-state index in [-0.39, 0.29) is 5.56 Å². The third-order valence-electron chi connectivity index (χ3n) is 3.92. The SMILES string of the molecule is CC[S@](=O)c1ccccc1C(=O)O[C@H](C)C(=O)Nc1ccc(OC)c(OC)c1. The number of anilines is 1. The fraction of sp³-hybridized carbons (Fsp3) is 0.300. The van der Waals surface area contributed by atoms with Crippen molar-refractivity contribution in [2.45, 2.75) is 24.8 Å². The molecule has 0 unspecified atom stereocenters. The average molecular weight is 405 g/mol. The summed E-state index contributed by atoms with van der Waals surface area (Å²) in [5.74, 6) is 0.156. The first-order valence-corrected chi connectivity index (χ1v) is 9.94. The highest BCUT2D eigenvalue weighted by molar-refractivity contribution is 7.85. The first-order chi connectivity index (χ1) is 13.4. The molecule has 2 aromatic rings. The third kappa shape index (κ3) is 5.10. The monoisotopic (exact) mass is 405 g/mol. The molecule has 8 heteroatoms. The van der Waals surface area contributed by atoms with E-state index in [9.17, 15) is 13.8 Å². The molecule has 0 fully saturated rings. The molecule has 0 radical (unpaired) electrons. The van der Waals surface area contributed by atoms with E-state index in [1.807, 2.05) is 0 Å². The molecule has 1 amide bonds. The van der Waals surface area contributed by atoms with E-state index in [0.29, 0.717) is 27.8 Å². The van der Waals surface area contributed by atoms with Crippen LogP contribution in [-0.2, 0) is 20.3 Å². The molecule has 0 saturated carbocycles. The largest absolute Gasteiger partial charge is 0.493 e. The second kappa shape index (κ2) is 9.89. The summed E-state index contributed by atoms with van der Waals surface area (Å²) in [5, 5.41) is 2.66. The third-order valence-corrected chi connectivity index (χ3v) is 5.29. The first-order valence-electron chi connectivity index (χ1n) is 8.62. The maximum atomic E-state index is 12.5. The molecule has 2 aromatic carbocycles. The van der Waals surface area contributed by atoms with Crippen molar-refractivity contribution in [2.24, 2.45) is 0 Å². The van der Waals surface area contributed by atoms with E-state index in [1.165, 1.54) is 27.2 Å². The van der Waals surface area contributed by atoms with Gasteiger partial charge in [0.1, 0.15) is 0 Å². The standard InChI is InChI=1S/C20H23NO6S/c1-5-28(24)18-9-7-6-8-15(18)20(23)27-13(2)19(22)21-14-10-11-16(25-3)17(12-14)26-4/h6-13H,5H2,1-4H3,(H,21,22)/t13-,28+/m1/s1. The highest BCUT2D eigenvalue weighted by Crippen LogP contribution is 2.29. The Balaban J connectivity index is 2.09. The second-order valence-corrected chi connectivity index (χ2v) is 7.45. The number of carbonyl (C=O) groups is 2. The number of benzene rings is 2. The van der Waals surface area contributed by atoms with Gasteiger partial charge in [0.2, 0.25) is 0 Å².